The highest BCUT2D eigenvalue weighted by Gasteiger charge is 2.30. The van der Waals surface area contributed by atoms with Crippen LogP contribution in [-0.4, -0.2) is 15.0 Å². The van der Waals surface area contributed by atoms with Crippen molar-refractivity contribution in [2.24, 2.45) is 0 Å². The Balaban J connectivity index is 1.60. The molecule has 0 atom stereocenters. The first-order valence-electron chi connectivity index (χ1n) is 8.07. The Bertz CT molecular complexity index is 1110. The van der Waals surface area contributed by atoms with Crippen LogP contribution in [0.25, 0.3) is 10.2 Å². The molecule has 0 aliphatic rings. The number of alkyl halides is 3. The van der Waals surface area contributed by atoms with E-state index in [1.54, 1.807) is 0 Å². The summed E-state index contributed by atoms with van der Waals surface area (Å²) >= 11 is 1.43. The van der Waals surface area contributed by atoms with Gasteiger partial charge in [-0.05, 0) is 30.3 Å². The number of anilines is 5. The first kappa shape index (κ1) is 18.0. The van der Waals surface area contributed by atoms with Gasteiger partial charge in [0.05, 0.1) is 15.8 Å². The second-order valence-electron chi connectivity index (χ2n) is 5.80. The predicted molar refractivity (Wildman–Crippen MR) is 104 cm³/mol. The molecule has 142 valence electrons. The number of nitrogens with one attached hydrogen (secondary N) is 2. The highest BCUT2D eigenvalue weighted by molar-refractivity contribution is 7.22. The van der Waals surface area contributed by atoms with Crippen molar-refractivity contribution in [3.8, 4) is 0 Å². The maximum absolute atomic E-state index is 12.9. The first-order valence-corrected chi connectivity index (χ1v) is 8.89. The fourth-order valence-corrected chi connectivity index (χ4v) is 3.40. The quantitative estimate of drug-likeness (QED) is 0.436. The predicted octanol–water partition coefficient (Wildman–Crippen LogP) is 5.17. The Hall–Kier alpha value is -3.40. The second-order valence-corrected chi connectivity index (χ2v) is 6.83. The minimum Gasteiger partial charge on any atom is -0.393 e. The maximum atomic E-state index is 12.9. The zero-order chi connectivity index (χ0) is 19.7. The van der Waals surface area contributed by atoms with E-state index < -0.39 is 11.7 Å². The van der Waals surface area contributed by atoms with Crippen molar-refractivity contribution in [2.75, 3.05) is 16.4 Å². The molecule has 10 heteroatoms. The van der Waals surface area contributed by atoms with Gasteiger partial charge in [-0.25, -0.2) is 15.0 Å². The van der Waals surface area contributed by atoms with E-state index >= 15 is 0 Å². The molecular weight excluding hydrogens is 389 g/mol. The number of hydrogen-bond donors (Lipinski definition) is 3. The van der Waals surface area contributed by atoms with Crippen LogP contribution in [0.15, 0.2) is 54.9 Å². The molecule has 2 heterocycles. The van der Waals surface area contributed by atoms with E-state index in [0.29, 0.717) is 10.9 Å². The fourth-order valence-electron chi connectivity index (χ4n) is 2.53. The molecule has 0 fully saturated rings. The molecule has 0 aliphatic heterocycles. The number of benzene rings is 2. The molecule has 4 N–H and O–H groups in total. The minimum atomic E-state index is -4.44. The molecule has 4 aromatic rings. The summed E-state index contributed by atoms with van der Waals surface area (Å²) < 4.78 is 39.7. The summed E-state index contributed by atoms with van der Waals surface area (Å²) in [5, 5.41) is 6.43. The number of nitrogens with zero attached hydrogens (tertiary/aromatic N) is 3. The summed E-state index contributed by atoms with van der Waals surface area (Å²) in [6, 6.07) is 12.4. The Morgan fingerprint density at radius 1 is 0.929 bits per heavy atom. The monoisotopic (exact) mass is 402 g/mol. The average Bonchev–Trinajstić information content (AvgIpc) is 3.07. The first-order chi connectivity index (χ1) is 13.4. The van der Waals surface area contributed by atoms with Crippen molar-refractivity contribution in [3.05, 3.63) is 60.4 Å². The summed E-state index contributed by atoms with van der Waals surface area (Å²) in [5.41, 5.74) is 6.55. The van der Waals surface area contributed by atoms with Crippen molar-refractivity contribution in [2.45, 2.75) is 6.18 Å². The highest BCUT2D eigenvalue weighted by Crippen LogP contribution is 2.34. The summed E-state index contributed by atoms with van der Waals surface area (Å²) in [4.78, 5) is 12.6. The Labute approximate surface area is 161 Å². The van der Waals surface area contributed by atoms with Gasteiger partial charge in [0.25, 0.3) is 0 Å². The highest BCUT2D eigenvalue weighted by atomic mass is 32.1. The SMILES string of the molecule is Nc1c(Nc2cccc(C(F)(F)F)c2)ncnc1Nc1nc2ccccc2s1. The molecule has 28 heavy (non-hydrogen) atoms. The number of thiazole rings is 1. The summed E-state index contributed by atoms with van der Waals surface area (Å²) in [6.07, 6.45) is -3.17. The summed E-state index contributed by atoms with van der Waals surface area (Å²) in [6.45, 7) is 0. The van der Waals surface area contributed by atoms with Crippen molar-refractivity contribution >= 4 is 49.7 Å². The lowest BCUT2D eigenvalue weighted by atomic mass is 10.2. The molecule has 0 spiro atoms. The largest absolute Gasteiger partial charge is 0.416 e. The topological polar surface area (TPSA) is 88.8 Å². The molecule has 6 nitrogen and oxygen atoms in total. The van der Waals surface area contributed by atoms with Gasteiger partial charge < -0.3 is 16.4 Å². The zero-order valence-electron chi connectivity index (χ0n) is 14.2. The number of hydrogen-bond acceptors (Lipinski definition) is 7. The van der Waals surface area contributed by atoms with Crippen LogP contribution < -0.4 is 16.4 Å². The van der Waals surface area contributed by atoms with Crippen LogP contribution >= 0.6 is 11.3 Å². The minimum absolute atomic E-state index is 0.166. The van der Waals surface area contributed by atoms with Crippen LogP contribution in [0.1, 0.15) is 5.56 Å². The lowest BCUT2D eigenvalue weighted by Crippen LogP contribution is -2.07. The van der Waals surface area contributed by atoms with Crippen LogP contribution in [0.5, 0.6) is 0 Å². The van der Waals surface area contributed by atoms with Gasteiger partial charge in [0.1, 0.15) is 12.0 Å². The van der Waals surface area contributed by atoms with Crippen LogP contribution in [0.2, 0.25) is 0 Å². The van der Waals surface area contributed by atoms with Gasteiger partial charge in [-0.1, -0.05) is 29.5 Å². The molecular formula is C18H13F3N6S. The van der Waals surface area contributed by atoms with Gasteiger partial charge in [-0.15, -0.1) is 0 Å². The molecule has 2 aromatic carbocycles. The number of nitrogen functional groups attached to an aromatic ring is 1. The fraction of sp³-hybridized carbons (Fsp3) is 0.0556. The van der Waals surface area contributed by atoms with Gasteiger partial charge in [0.2, 0.25) is 0 Å². The van der Waals surface area contributed by atoms with E-state index in [9.17, 15) is 13.2 Å². The Morgan fingerprint density at radius 2 is 1.68 bits per heavy atom. The molecule has 0 saturated heterocycles. The van der Waals surface area contributed by atoms with E-state index in [1.807, 2.05) is 24.3 Å². The van der Waals surface area contributed by atoms with E-state index in [4.69, 9.17) is 5.73 Å². The standard InChI is InChI=1S/C18H13F3N6S/c19-18(20,21)10-4-3-5-11(8-10)25-15-14(22)16(24-9-23-15)27-17-26-12-6-1-2-7-13(12)28-17/h1-9H,22H2,(H2,23,24,25,26,27). The normalized spacial score (nSPS) is 11.5. The lowest BCUT2D eigenvalue weighted by molar-refractivity contribution is -0.137. The van der Waals surface area contributed by atoms with Crippen molar-refractivity contribution in [1.82, 2.24) is 15.0 Å². The maximum Gasteiger partial charge on any atom is 0.416 e. The van der Waals surface area contributed by atoms with Gasteiger partial charge >= 0.3 is 6.18 Å². The van der Waals surface area contributed by atoms with Crippen molar-refractivity contribution in [1.29, 1.82) is 0 Å². The van der Waals surface area contributed by atoms with Gasteiger partial charge in [0.15, 0.2) is 16.8 Å². The van der Waals surface area contributed by atoms with Crippen LogP contribution in [0.4, 0.5) is 41.3 Å². The van der Waals surface area contributed by atoms with Crippen LogP contribution in [-0.2, 0) is 6.18 Å². The third-order valence-corrected chi connectivity index (χ3v) is 4.81. The summed E-state index contributed by atoms with van der Waals surface area (Å²) in [7, 11) is 0. The number of rotatable bonds is 4. The number of nitrogens with two attached hydrogens (primary N) is 1. The van der Waals surface area contributed by atoms with Crippen LogP contribution in [0, 0.1) is 0 Å². The van der Waals surface area contributed by atoms with Gasteiger partial charge in [0, 0.05) is 5.69 Å². The lowest BCUT2D eigenvalue weighted by Gasteiger charge is -2.13. The second kappa shape index (κ2) is 6.97. The van der Waals surface area contributed by atoms with E-state index in [0.717, 1.165) is 22.3 Å². The number of para-hydroxylation sites is 1. The van der Waals surface area contributed by atoms with Crippen LogP contribution in [0.3, 0.4) is 0 Å². The molecule has 0 bridgehead atoms. The van der Waals surface area contributed by atoms with Crippen molar-refractivity contribution < 1.29 is 13.2 Å². The average molecular weight is 402 g/mol. The molecule has 0 amide bonds. The molecule has 2 aromatic heterocycles. The third kappa shape index (κ3) is 3.67. The molecule has 0 aliphatic carbocycles. The van der Waals surface area contributed by atoms with E-state index in [1.165, 1.54) is 29.8 Å². The molecule has 0 saturated carbocycles. The van der Waals surface area contributed by atoms with Gasteiger partial charge in [-0.2, -0.15) is 13.2 Å². The molecule has 4 rings (SSSR count). The molecule has 0 radical (unpaired) electrons. The number of aromatic nitrogens is 3. The smallest absolute Gasteiger partial charge is 0.393 e. The van der Waals surface area contributed by atoms with Gasteiger partial charge in [-0.3, -0.25) is 0 Å². The number of halogens is 3. The summed E-state index contributed by atoms with van der Waals surface area (Å²) in [5.74, 6) is 0.501. The zero-order valence-corrected chi connectivity index (χ0v) is 15.0. The van der Waals surface area contributed by atoms with E-state index in [2.05, 4.69) is 25.6 Å². The third-order valence-electron chi connectivity index (χ3n) is 3.86. The molecule has 0 unspecified atom stereocenters. The Kier molecular flexibility index (Phi) is 4.47. The number of fused-ring (bicyclic) bond motifs is 1. The van der Waals surface area contributed by atoms with E-state index in [-0.39, 0.29) is 17.2 Å². The Morgan fingerprint density at radius 3 is 2.43 bits per heavy atom. The van der Waals surface area contributed by atoms with Crippen molar-refractivity contribution in [3.63, 3.8) is 0 Å².